The molecule has 1 atom stereocenters. The summed E-state index contributed by atoms with van der Waals surface area (Å²) in [6.07, 6.45) is 2.46. The molecule has 0 saturated carbocycles. The van der Waals surface area contributed by atoms with Crippen molar-refractivity contribution in [1.29, 1.82) is 0 Å². The highest BCUT2D eigenvalue weighted by atomic mass is 32.2. The van der Waals surface area contributed by atoms with Crippen LogP contribution in [0.2, 0.25) is 0 Å². The summed E-state index contributed by atoms with van der Waals surface area (Å²) in [5.41, 5.74) is 1.69. The summed E-state index contributed by atoms with van der Waals surface area (Å²) in [6, 6.07) is 9.22. The molecule has 1 aliphatic rings. The lowest BCUT2D eigenvalue weighted by molar-refractivity contribution is -0.124. The fourth-order valence-corrected chi connectivity index (χ4v) is 6.72. The largest absolute Gasteiger partial charge is 0.493 e. The molecule has 1 aliphatic heterocycles. The van der Waals surface area contributed by atoms with Crippen LogP contribution in [-0.4, -0.2) is 52.0 Å². The van der Waals surface area contributed by atoms with Gasteiger partial charge >= 0.3 is 0 Å². The molecule has 204 valence electrons. The zero-order valence-electron chi connectivity index (χ0n) is 21.3. The van der Waals surface area contributed by atoms with Gasteiger partial charge in [0.15, 0.2) is 11.5 Å². The Balaban J connectivity index is 1.68. The lowest BCUT2D eigenvalue weighted by Crippen LogP contribution is -2.48. The molecule has 4 rings (SSSR count). The first kappa shape index (κ1) is 27.9. The van der Waals surface area contributed by atoms with Gasteiger partial charge in [-0.1, -0.05) is 6.07 Å². The zero-order valence-corrected chi connectivity index (χ0v) is 22.9. The van der Waals surface area contributed by atoms with Gasteiger partial charge in [-0.3, -0.25) is 4.79 Å². The number of halogens is 1. The Kier molecular flexibility index (Phi) is 9.24. The second kappa shape index (κ2) is 12.6. The molecule has 2 aromatic carbocycles. The van der Waals surface area contributed by atoms with E-state index in [-0.39, 0.29) is 17.3 Å². The summed E-state index contributed by atoms with van der Waals surface area (Å²) in [5.74, 6) is 0.0929. The molecular weight excluding hydrogens is 531 g/mol. The minimum Gasteiger partial charge on any atom is -0.493 e. The van der Waals surface area contributed by atoms with Crippen LogP contribution in [0.5, 0.6) is 17.2 Å². The molecule has 3 aromatic rings. The van der Waals surface area contributed by atoms with Crippen LogP contribution in [0.3, 0.4) is 0 Å². The van der Waals surface area contributed by atoms with Gasteiger partial charge in [0.25, 0.3) is 0 Å². The van der Waals surface area contributed by atoms with Crippen LogP contribution in [-0.2, 0) is 27.8 Å². The summed E-state index contributed by atoms with van der Waals surface area (Å²) < 4.78 is 59.8. The average Bonchev–Trinajstić information content (AvgIpc) is 3.34. The molecule has 1 saturated heterocycles. The molecule has 0 aliphatic carbocycles. The molecule has 1 amide bonds. The zero-order chi connectivity index (χ0) is 27.1. The first-order valence-electron chi connectivity index (χ1n) is 12.3. The minimum absolute atomic E-state index is 0.154. The number of hydrogen-bond donors (Lipinski definition) is 1. The first-order chi connectivity index (χ1) is 18.3. The van der Waals surface area contributed by atoms with Crippen molar-refractivity contribution in [2.24, 2.45) is 0 Å². The number of nitrogens with zero attached hydrogens (tertiary/aromatic N) is 1. The van der Waals surface area contributed by atoms with E-state index < -0.39 is 21.9 Å². The van der Waals surface area contributed by atoms with E-state index in [2.05, 4.69) is 10.7 Å². The van der Waals surface area contributed by atoms with E-state index in [4.69, 9.17) is 14.2 Å². The van der Waals surface area contributed by atoms with Crippen LogP contribution in [0, 0.1) is 5.82 Å². The second-order valence-corrected chi connectivity index (χ2v) is 11.5. The fraction of sp³-hybridized carbons (Fsp3) is 0.370. The number of carbonyl (C=O) groups excluding carboxylic acids is 1. The van der Waals surface area contributed by atoms with Gasteiger partial charge < -0.3 is 19.5 Å². The van der Waals surface area contributed by atoms with E-state index in [0.29, 0.717) is 55.2 Å². The van der Waals surface area contributed by atoms with Crippen molar-refractivity contribution in [3.63, 3.8) is 0 Å². The Hall–Kier alpha value is -3.15. The number of hydrogen-bond acceptors (Lipinski definition) is 7. The lowest BCUT2D eigenvalue weighted by atomic mass is 10.1. The van der Waals surface area contributed by atoms with Crippen LogP contribution in [0.15, 0.2) is 58.1 Å². The van der Waals surface area contributed by atoms with E-state index in [1.807, 2.05) is 11.4 Å². The molecular formula is C27H31FN2O6S2. The van der Waals surface area contributed by atoms with Crippen LogP contribution in [0.25, 0.3) is 0 Å². The normalized spacial score (nSPS) is 16.1. The van der Waals surface area contributed by atoms with Crippen molar-refractivity contribution < 1.29 is 31.8 Å². The molecule has 0 radical (unpaired) electrons. The van der Waals surface area contributed by atoms with Crippen LogP contribution >= 0.6 is 11.3 Å². The summed E-state index contributed by atoms with van der Waals surface area (Å²) in [7, 11) is -1.26. The predicted molar refractivity (Wildman–Crippen MR) is 143 cm³/mol. The molecule has 8 nitrogen and oxygen atoms in total. The molecule has 11 heteroatoms. The minimum atomic E-state index is -4.24. The smallest absolute Gasteiger partial charge is 0.244 e. The monoisotopic (exact) mass is 562 g/mol. The number of rotatable bonds is 11. The van der Waals surface area contributed by atoms with E-state index in [1.165, 1.54) is 32.4 Å². The predicted octanol–water partition coefficient (Wildman–Crippen LogP) is 4.39. The van der Waals surface area contributed by atoms with Crippen molar-refractivity contribution in [2.45, 2.75) is 43.2 Å². The van der Waals surface area contributed by atoms with E-state index in [0.717, 1.165) is 22.4 Å². The van der Waals surface area contributed by atoms with Gasteiger partial charge in [-0.25, -0.2) is 12.8 Å². The molecule has 0 unspecified atom stereocenters. The average molecular weight is 563 g/mol. The quantitative estimate of drug-likeness (QED) is 0.373. The summed E-state index contributed by atoms with van der Waals surface area (Å²) >= 11 is 1.61. The van der Waals surface area contributed by atoms with Crippen LogP contribution in [0.1, 0.15) is 30.4 Å². The highest BCUT2D eigenvalue weighted by Gasteiger charge is 2.37. The van der Waals surface area contributed by atoms with Crippen molar-refractivity contribution in [3.05, 3.63) is 70.2 Å². The molecule has 1 aromatic heterocycles. The van der Waals surface area contributed by atoms with Gasteiger partial charge in [0, 0.05) is 19.5 Å². The van der Waals surface area contributed by atoms with Crippen molar-refractivity contribution in [3.8, 4) is 17.2 Å². The van der Waals surface area contributed by atoms with E-state index >= 15 is 0 Å². The number of sulfonamides is 1. The summed E-state index contributed by atoms with van der Waals surface area (Å²) in [5, 5.41) is 6.85. The maximum Gasteiger partial charge on any atom is 0.244 e. The van der Waals surface area contributed by atoms with E-state index in [9.17, 15) is 17.6 Å². The van der Waals surface area contributed by atoms with Gasteiger partial charge in [-0.15, -0.1) is 0 Å². The standard InChI is InChI=1S/C27H31FN2O6S2/c1-34-24-14-20(15-25(35-2)26(24)36-12-9-19-10-13-37-18-19)17-30(23-8-3-4-11-29-27(23)31)38(32,33)22-7-5-6-21(28)16-22/h5-7,10,13-16,18,23H,3-4,8-9,11-12,17H2,1-2H3,(H,29,31)/t23-/m0/s1. The SMILES string of the molecule is COc1cc(CN([C@H]2CCCCNC2=O)S(=O)(=O)c2cccc(F)c2)cc(OC)c1OCCc1ccsc1. The number of ether oxygens (including phenoxy) is 3. The number of methoxy groups -OCH3 is 2. The van der Waals surface area contributed by atoms with E-state index in [1.54, 1.807) is 23.5 Å². The number of carbonyl (C=O) groups is 1. The Morgan fingerprint density at radius 1 is 1.08 bits per heavy atom. The van der Waals surface area contributed by atoms with Gasteiger partial charge in [0.1, 0.15) is 11.9 Å². The molecule has 0 spiro atoms. The maximum absolute atomic E-state index is 14.0. The molecule has 2 heterocycles. The van der Waals surface area contributed by atoms with Crippen molar-refractivity contribution in [1.82, 2.24) is 9.62 Å². The topological polar surface area (TPSA) is 94.2 Å². The molecule has 38 heavy (non-hydrogen) atoms. The third-order valence-electron chi connectivity index (χ3n) is 6.33. The molecule has 1 fully saturated rings. The highest BCUT2D eigenvalue weighted by molar-refractivity contribution is 7.89. The number of nitrogens with one attached hydrogen (secondary N) is 1. The summed E-state index contributed by atoms with van der Waals surface area (Å²) in [6.45, 7) is 0.714. The first-order valence-corrected chi connectivity index (χ1v) is 14.7. The van der Waals surface area contributed by atoms with Gasteiger partial charge in [-0.05, 0) is 77.5 Å². The number of benzene rings is 2. The Morgan fingerprint density at radius 3 is 2.50 bits per heavy atom. The lowest BCUT2D eigenvalue weighted by Gasteiger charge is -2.29. The fourth-order valence-electron chi connectivity index (χ4n) is 4.38. The van der Waals surface area contributed by atoms with Crippen molar-refractivity contribution >= 4 is 27.3 Å². The Morgan fingerprint density at radius 2 is 1.84 bits per heavy atom. The molecule has 0 bridgehead atoms. The van der Waals surface area contributed by atoms with Gasteiger partial charge in [0.2, 0.25) is 21.7 Å². The number of thiophene rings is 1. The highest BCUT2D eigenvalue weighted by Crippen LogP contribution is 2.39. The van der Waals surface area contributed by atoms with Crippen LogP contribution in [0.4, 0.5) is 4.39 Å². The Labute approximate surface area is 226 Å². The van der Waals surface area contributed by atoms with Gasteiger partial charge in [0.05, 0.1) is 25.7 Å². The van der Waals surface area contributed by atoms with Gasteiger partial charge in [-0.2, -0.15) is 15.6 Å². The third kappa shape index (κ3) is 6.46. The maximum atomic E-state index is 14.0. The van der Waals surface area contributed by atoms with Crippen molar-refractivity contribution in [2.75, 3.05) is 27.4 Å². The second-order valence-electron chi connectivity index (χ2n) is 8.87. The van der Waals surface area contributed by atoms with Crippen LogP contribution < -0.4 is 19.5 Å². The third-order valence-corrected chi connectivity index (χ3v) is 8.92. The Bertz CT molecular complexity index is 1320. The number of amides is 1. The molecule has 1 N–H and O–H groups in total. The summed E-state index contributed by atoms with van der Waals surface area (Å²) in [4.78, 5) is 12.7.